The summed E-state index contributed by atoms with van der Waals surface area (Å²) in [5.74, 6) is -0.412. The molecule has 2 nitrogen and oxygen atoms in total. The normalized spacial score (nSPS) is 17.3. The third-order valence-corrected chi connectivity index (χ3v) is 4.41. The third-order valence-electron chi connectivity index (χ3n) is 3.91. The fourth-order valence-electron chi connectivity index (χ4n) is 2.88. The predicted octanol–water partition coefficient (Wildman–Crippen LogP) is 5.06. The number of halogens is 4. The molecular weight excluding hydrogens is 371 g/mol. The highest BCUT2D eigenvalue weighted by molar-refractivity contribution is 9.10. The Balaban J connectivity index is 1.99. The summed E-state index contributed by atoms with van der Waals surface area (Å²) < 4.78 is 39.4. The van der Waals surface area contributed by atoms with Crippen LogP contribution in [0.2, 0.25) is 0 Å². The van der Waals surface area contributed by atoms with Gasteiger partial charge < -0.3 is 4.90 Å². The van der Waals surface area contributed by atoms with Gasteiger partial charge in [0, 0.05) is 21.8 Å². The van der Waals surface area contributed by atoms with Gasteiger partial charge in [0.15, 0.2) is 0 Å². The van der Waals surface area contributed by atoms with Crippen molar-refractivity contribution in [2.45, 2.75) is 25.6 Å². The van der Waals surface area contributed by atoms with Crippen molar-refractivity contribution in [1.82, 2.24) is 0 Å². The summed E-state index contributed by atoms with van der Waals surface area (Å²) >= 11 is 3.39. The maximum Gasteiger partial charge on any atom is 0.416 e. The first-order valence-corrected chi connectivity index (χ1v) is 7.86. The Morgan fingerprint density at radius 1 is 1.22 bits per heavy atom. The van der Waals surface area contributed by atoms with Crippen LogP contribution in [0.15, 0.2) is 46.9 Å². The van der Waals surface area contributed by atoms with Crippen LogP contribution >= 0.6 is 15.9 Å². The lowest BCUT2D eigenvalue weighted by molar-refractivity contribution is -0.137. The van der Waals surface area contributed by atoms with Crippen molar-refractivity contribution in [3.05, 3.63) is 63.6 Å². The van der Waals surface area contributed by atoms with Gasteiger partial charge in [-0.15, -0.1) is 0 Å². The molecule has 0 N–H and O–H groups in total. The molecule has 0 bridgehead atoms. The summed E-state index contributed by atoms with van der Waals surface area (Å²) in [4.78, 5) is 14.3. The number of hydrogen-bond donors (Lipinski definition) is 0. The van der Waals surface area contributed by atoms with Gasteiger partial charge in [-0.3, -0.25) is 4.79 Å². The van der Waals surface area contributed by atoms with Crippen molar-refractivity contribution in [2.75, 3.05) is 4.90 Å². The highest BCUT2D eigenvalue weighted by atomic mass is 79.9. The van der Waals surface area contributed by atoms with Crippen LogP contribution in [0.25, 0.3) is 0 Å². The highest BCUT2D eigenvalue weighted by Gasteiger charge is 2.34. The number of alkyl halides is 3. The molecule has 0 spiro atoms. The van der Waals surface area contributed by atoms with Gasteiger partial charge in [-0.05, 0) is 55.3 Å². The van der Waals surface area contributed by atoms with Gasteiger partial charge in [0.25, 0.3) is 5.91 Å². The van der Waals surface area contributed by atoms with Crippen LogP contribution in [0.5, 0.6) is 0 Å². The third kappa shape index (κ3) is 3.00. The second-order valence-corrected chi connectivity index (χ2v) is 6.50. The Kier molecular flexibility index (Phi) is 3.96. The quantitative estimate of drug-likeness (QED) is 0.673. The number of anilines is 1. The zero-order valence-electron chi connectivity index (χ0n) is 12.2. The maximum absolute atomic E-state index is 12.8. The first-order valence-electron chi connectivity index (χ1n) is 7.06. The van der Waals surface area contributed by atoms with Crippen molar-refractivity contribution in [2.24, 2.45) is 0 Å². The van der Waals surface area contributed by atoms with Crippen molar-refractivity contribution in [3.63, 3.8) is 0 Å². The minimum absolute atomic E-state index is 0.0439. The van der Waals surface area contributed by atoms with E-state index in [1.807, 2.05) is 25.1 Å². The second kappa shape index (κ2) is 5.67. The van der Waals surface area contributed by atoms with Crippen LogP contribution in [0.4, 0.5) is 18.9 Å². The molecule has 120 valence electrons. The topological polar surface area (TPSA) is 20.3 Å². The lowest BCUT2D eigenvalue weighted by Crippen LogP contribution is -2.35. The number of nitrogens with zero attached hydrogens (tertiary/aromatic N) is 1. The number of fused-ring (bicyclic) bond motifs is 1. The van der Waals surface area contributed by atoms with E-state index in [1.165, 1.54) is 12.1 Å². The van der Waals surface area contributed by atoms with Gasteiger partial charge >= 0.3 is 6.18 Å². The molecule has 1 amide bonds. The molecule has 2 aromatic rings. The van der Waals surface area contributed by atoms with Gasteiger partial charge in [-0.25, -0.2) is 0 Å². The van der Waals surface area contributed by atoms with Gasteiger partial charge in [-0.2, -0.15) is 13.2 Å². The Morgan fingerprint density at radius 2 is 1.96 bits per heavy atom. The van der Waals surface area contributed by atoms with E-state index in [2.05, 4.69) is 15.9 Å². The first kappa shape index (κ1) is 16.1. The molecule has 0 saturated carbocycles. The average molecular weight is 384 g/mol. The summed E-state index contributed by atoms with van der Waals surface area (Å²) in [6, 6.07) is 10.0. The molecule has 3 rings (SSSR count). The molecule has 0 unspecified atom stereocenters. The van der Waals surface area contributed by atoms with Crippen LogP contribution in [-0.2, 0) is 12.6 Å². The second-order valence-electron chi connectivity index (χ2n) is 5.58. The molecule has 2 aromatic carbocycles. The van der Waals surface area contributed by atoms with E-state index >= 15 is 0 Å². The van der Waals surface area contributed by atoms with Crippen LogP contribution in [0.1, 0.15) is 28.4 Å². The number of benzene rings is 2. The smallest absolute Gasteiger partial charge is 0.305 e. The van der Waals surface area contributed by atoms with E-state index in [0.717, 1.165) is 27.9 Å². The maximum atomic E-state index is 12.8. The largest absolute Gasteiger partial charge is 0.416 e. The summed E-state index contributed by atoms with van der Waals surface area (Å²) in [7, 11) is 0. The Hall–Kier alpha value is -1.82. The van der Waals surface area contributed by atoms with Crippen molar-refractivity contribution in [3.8, 4) is 0 Å². The Labute approximate surface area is 140 Å². The van der Waals surface area contributed by atoms with E-state index < -0.39 is 17.6 Å². The zero-order chi connectivity index (χ0) is 16.8. The fourth-order valence-corrected chi connectivity index (χ4v) is 3.29. The Morgan fingerprint density at radius 3 is 2.65 bits per heavy atom. The molecule has 23 heavy (non-hydrogen) atoms. The van der Waals surface area contributed by atoms with Crippen molar-refractivity contribution >= 4 is 27.5 Å². The molecule has 1 aliphatic rings. The lowest BCUT2D eigenvalue weighted by atomic mass is 10.1. The van der Waals surface area contributed by atoms with Crippen LogP contribution in [0, 0.1) is 0 Å². The molecule has 0 fully saturated rings. The van der Waals surface area contributed by atoms with Crippen molar-refractivity contribution in [1.29, 1.82) is 0 Å². The molecule has 0 aliphatic carbocycles. The number of amides is 1. The standard InChI is InChI=1S/C17H13BrF3NO/c1-10-7-12-9-14(18)5-6-15(12)22(10)16(23)11-3-2-4-13(8-11)17(19,20)21/h2-6,8-10H,7H2,1H3/t10-/m1/s1. The molecule has 1 aliphatic heterocycles. The summed E-state index contributed by atoms with van der Waals surface area (Å²) in [6.45, 7) is 1.89. The average Bonchev–Trinajstić information content (AvgIpc) is 2.80. The van der Waals surface area contributed by atoms with E-state index in [4.69, 9.17) is 0 Å². The molecule has 1 atom stereocenters. The van der Waals surface area contributed by atoms with E-state index in [-0.39, 0.29) is 11.6 Å². The fraction of sp³-hybridized carbons (Fsp3) is 0.235. The van der Waals surface area contributed by atoms with Gasteiger partial charge in [0.2, 0.25) is 0 Å². The molecule has 0 radical (unpaired) electrons. The summed E-state index contributed by atoms with van der Waals surface area (Å²) in [5.41, 5.74) is 0.990. The number of hydrogen-bond acceptors (Lipinski definition) is 1. The van der Waals surface area contributed by atoms with Gasteiger partial charge in [0.1, 0.15) is 0 Å². The molecule has 0 saturated heterocycles. The number of carbonyl (C=O) groups is 1. The van der Waals surface area contributed by atoms with Crippen LogP contribution in [0.3, 0.4) is 0 Å². The van der Waals surface area contributed by atoms with E-state index in [1.54, 1.807) is 4.90 Å². The lowest BCUT2D eigenvalue weighted by Gasteiger charge is -2.23. The predicted molar refractivity (Wildman–Crippen MR) is 85.6 cm³/mol. The summed E-state index contributed by atoms with van der Waals surface area (Å²) in [5, 5.41) is 0. The zero-order valence-corrected chi connectivity index (χ0v) is 13.8. The van der Waals surface area contributed by atoms with E-state index in [0.29, 0.717) is 6.42 Å². The van der Waals surface area contributed by atoms with Crippen molar-refractivity contribution < 1.29 is 18.0 Å². The summed E-state index contributed by atoms with van der Waals surface area (Å²) in [6.07, 6.45) is -3.78. The Bertz CT molecular complexity index is 773. The molecule has 1 heterocycles. The van der Waals surface area contributed by atoms with Gasteiger partial charge in [0.05, 0.1) is 5.56 Å². The van der Waals surface area contributed by atoms with Gasteiger partial charge in [-0.1, -0.05) is 22.0 Å². The minimum atomic E-state index is -4.46. The SMILES string of the molecule is C[C@@H]1Cc2cc(Br)ccc2N1C(=O)c1cccc(C(F)(F)F)c1. The van der Waals surface area contributed by atoms with E-state index in [9.17, 15) is 18.0 Å². The number of carbonyl (C=O) groups excluding carboxylic acids is 1. The molecule has 0 aromatic heterocycles. The molecular formula is C17H13BrF3NO. The first-order chi connectivity index (χ1) is 10.8. The highest BCUT2D eigenvalue weighted by Crippen LogP contribution is 2.36. The monoisotopic (exact) mass is 383 g/mol. The van der Waals surface area contributed by atoms with Crippen LogP contribution < -0.4 is 4.90 Å². The molecule has 6 heteroatoms. The van der Waals surface area contributed by atoms with Crippen LogP contribution in [-0.4, -0.2) is 11.9 Å². The minimum Gasteiger partial charge on any atom is -0.305 e. The number of rotatable bonds is 1.